The molecule has 0 aromatic heterocycles. The summed E-state index contributed by atoms with van der Waals surface area (Å²) in [5.41, 5.74) is 2.89. The molecule has 0 saturated heterocycles. The van der Waals surface area contributed by atoms with Gasteiger partial charge in [-0.25, -0.2) is 19.0 Å². The fraction of sp³-hybridized carbons (Fsp3) is 0.0435. The summed E-state index contributed by atoms with van der Waals surface area (Å²) in [5, 5.41) is 6.16. The first-order valence-electron chi connectivity index (χ1n) is 9.35. The molecular weight excluding hydrogens is 420 g/mol. The number of carbonyl (C=O) groups excluding carboxylic acids is 3. The van der Waals surface area contributed by atoms with E-state index in [1.165, 1.54) is 54.7 Å². The van der Waals surface area contributed by atoms with Crippen molar-refractivity contribution in [3.63, 3.8) is 0 Å². The molecule has 0 aliphatic heterocycles. The molecule has 0 radical (unpaired) electrons. The van der Waals surface area contributed by atoms with Gasteiger partial charge < -0.3 is 10.1 Å². The van der Waals surface area contributed by atoms with Crippen molar-refractivity contribution in [1.82, 2.24) is 10.7 Å². The first-order chi connectivity index (χ1) is 15.4. The van der Waals surface area contributed by atoms with Crippen molar-refractivity contribution in [2.24, 2.45) is 5.10 Å². The molecule has 0 aliphatic carbocycles. The summed E-state index contributed by atoms with van der Waals surface area (Å²) in [7, 11) is 0. The zero-order valence-corrected chi connectivity index (χ0v) is 16.5. The number of esters is 1. The van der Waals surface area contributed by atoms with Gasteiger partial charge in [0.25, 0.3) is 11.8 Å². The molecule has 9 heteroatoms. The second kappa shape index (κ2) is 10.6. The van der Waals surface area contributed by atoms with Gasteiger partial charge in [-0.05, 0) is 66.2 Å². The van der Waals surface area contributed by atoms with E-state index in [4.69, 9.17) is 4.74 Å². The van der Waals surface area contributed by atoms with E-state index in [0.717, 1.165) is 12.1 Å². The van der Waals surface area contributed by atoms with Gasteiger partial charge in [0.15, 0.2) is 0 Å². The van der Waals surface area contributed by atoms with Crippen molar-refractivity contribution in [3.8, 4) is 5.75 Å². The zero-order chi connectivity index (χ0) is 22.9. The number of amides is 2. The molecule has 0 saturated carbocycles. The second-order valence-corrected chi connectivity index (χ2v) is 6.42. The Hall–Kier alpha value is -4.40. The number of hydrazone groups is 1. The maximum Gasteiger partial charge on any atom is 0.346 e. The van der Waals surface area contributed by atoms with Crippen LogP contribution in [0.5, 0.6) is 5.75 Å². The minimum atomic E-state index is -0.820. The summed E-state index contributed by atoms with van der Waals surface area (Å²) < 4.78 is 31.6. The predicted molar refractivity (Wildman–Crippen MR) is 112 cm³/mol. The van der Waals surface area contributed by atoms with Gasteiger partial charge in [0.05, 0.1) is 18.3 Å². The van der Waals surface area contributed by atoms with Gasteiger partial charge in [0.1, 0.15) is 17.4 Å². The number of hydrogen-bond acceptors (Lipinski definition) is 5. The molecule has 162 valence electrons. The molecule has 0 heterocycles. The van der Waals surface area contributed by atoms with E-state index in [9.17, 15) is 23.2 Å². The first-order valence-corrected chi connectivity index (χ1v) is 9.35. The summed E-state index contributed by atoms with van der Waals surface area (Å²) in [4.78, 5) is 35.6. The van der Waals surface area contributed by atoms with Crippen LogP contribution in [0.15, 0.2) is 77.9 Å². The summed E-state index contributed by atoms with van der Waals surface area (Å²) in [6.45, 7) is -0.321. The Morgan fingerprint density at radius 3 is 2.28 bits per heavy atom. The van der Waals surface area contributed by atoms with E-state index < -0.39 is 29.4 Å². The molecule has 3 rings (SSSR count). The van der Waals surface area contributed by atoms with Crippen molar-refractivity contribution in [1.29, 1.82) is 0 Å². The average molecular weight is 437 g/mol. The maximum absolute atomic E-state index is 13.6. The van der Waals surface area contributed by atoms with Crippen LogP contribution in [0.25, 0.3) is 0 Å². The highest BCUT2D eigenvalue weighted by Gasteiger charge is 2.13. The highest BCUT2D eigenvalue weighted by molar-refractivity contribution is 5.96. The molecule has 2 N–H and O–H groups in total. The minimum Gasteiger partial charge on any atom is -0.423 e. The Morgan fingerprint density at radius 2 is 1.59 bits per heavy atom. The number of nitrogens with zero attached hydrogens (tertiary/aromatic N) is 1. The van der Waals surface area contributed by atoms with E-state index in [1.54, 1.807) is 12.1 Å². The van der Waals surface area contributed by atoms with Gasteiger partial charge in [-0.15, -0.1) is 0 Å². The quantitative estimate of drug-likeness (QED) is 0.257. The Morgan fingerprint density at radius 1 is 0.906 bits per heavy atom. The van der Waals surface area contributed by atoms with E-state index >= 15 is 0 Å². The topological polar surface area (TPSA) is 96.9 Å². The molecule has 2 amide bonds. The molecule has 7 nitrogen and oxygen atoms in total. The predicted octanol–water partition coefficient (Wildman–Crippen LogP) is 3.06. The molecule has 32 heavy (non-hydrogen) atoms. The maximum atomic E-state index is 13.6. The summed E-state index contributed by atoms with van der Waals surface area (Å²) in [5.74, 6) is -2.84. The van der Waals surface area contributed by atoms with Gasteiger partial charge >= 0.3 is 5.97 Å². The Kier molecular flexibility index (Phi) is 7.37. The van der Waals surface area contributed by atoms with Gasteiger partial charge in [-0.1, -0.05) is 12.1 Å². The van der Waals surface area contributed by atoms with E-state index in [0.29, 0.717) is 5.56 Å². The molecule has 0 spiro atoms. The highest BCUT2D eigenvalue weighted by atomic mass is 19.1. The van der Waals surface area contributed by atoms with Gasteiger partial charge in [-0.2, -0.15) is 5.10 Å². The molecule has 0 bridgehead atoms. The largest absolute Gasteiger partial charge is 0.423 e. The fourth-order valence-electron chi connectivity index (χ4n) is 2.49. The Labute approximate surface area is 181 Å². The van der Waals surface area contributed by atoms with Gasteiger partial charge in [0.2, 0.25) is 0 Å². The van der Waals surface area contributed by atoms with E-state index in [1.807, 2.05) is 0 Å². The molecule has 0 aliphatic rings. The highest BCUT2D eigenvalue weighted by Crippen LogP contribution is 2.15. The molecule has 0 unspecified atom stereocenters. The summed E-state index contributed by atoms with van der Waals surface area (Å²) in [6.07, 6.45) is 1.35. The first kappa shape index (κ1) is 22.3. The third kappa shape index (κ3) is 6.30. The minimum absolute atomic E-state index is 0.174. The van der Waals surface area contributed by atoms with Gasteiger partial charge in [-0.3, -0.25) is 9.59 Å². The number of nitrogens with one attached hydrogen (secondary N) is 2. The normalized spacial score (nSPS) is 10.6. The SMILES string of the molecule is O=C(CNC(=O)c1ccc(F)cc1)NN=Cc1ccc(OC(=O)c2ccccc2F)cc1. The number of ether oxygens (including phenoxy) is 1. The number of hydrogen-bond donors (Lipinski definition) is 2. The Balaban J connectivity index is 1.45. The van der Waals surface area contributed by atoms with Crippen LogP contribution in [-0.2, 0) is 4.79 Å². The van der Waals surface area contributed by atoms with Crippen LogP contribution in [-0.4, -0.2) is 30.5 Å². The molecule has 0 fully saturated rings. The number of carbonyl (C=O) groups is 3. The van der Waals surface area contributed by atoms with Crippen molar-refractivity contribution < 1.29 is 27.9 Å². The lowest BCUT2D eigenvalue weighted by atomic mass is 10.2. The molecule has 3 aromatic carbocycles. The molecule has 0 atom stereocenters. The molecule has 3 aromatic rings. The third-order valence-corrected chi connectivity index (χ3v) is 4.10. The lowest BCUT2D eigenvalue weighted by Crippen LogP contribution is -2.34. The van der Waals surface area contributed by atoms with Crippen LogP contribution in [0.3, 0.4) is 0 Å². The monoisotopic (exact) mass is 437 g/mol. The average Bonchev–Trinajstić information content (AvgIpc) is 2.79. The summed E-state index contributed by atoms with van der Waals surface area (Å²) in [6, 6.07) is 16.5. The van der Waals surface area contributed by atoms with Crippen LogP contribution in [0.2, 0.25) is 0 Å². The third-order valence-electron chi connectivity index (χ3n) is 4.10. The van der Waals surface area contributed by atoms with E-state index in [2.05, 4.69) is 15.8 Å². The van der Waals surface area contributed by atoms with Crippen LogP contribution < -0.4 is 15.5 Å². The number of benzene rings is 3. The van der Waals surface area contributed by atoms with Crippen molar-refractivity contribution >= 4 is 24.0 Å². The number of rotatable bonds is 7. The summed E-state index contributed by atoms with van der Waals surface area (Å²) >= 11 is 0. The fourth-order valence-corrected chi connectivity index (χ4v) is 2.49. The van der Waals surface area contributed by atoms with Crippen LogP contribution in [0, 0.1) is 11.6 Å². The Bertz CT molecular complexity index is 1150. The van der Waals surface area contributed by atoms with Crippen LogP contribution in [0.4, 0.5) is 8.78 Å². The zero-order valence-electron chi connectivity index (χ0n) is 16.5. The second-order valence-electron chi connectivity index (χ2n) is 6.42. The van der Waals surface area contributed by atoms with Crippen molar-refractivity contribution in [2.45, 2.75) is 0 Å². The van der Waals surface area contributed by atoms with E-state index in [-0.39, 0.29) is 23.4 Å². The molecular formula is C23H17F2N3O4. The van der Waals surface area contributed by atoms with Crippen molar-refractivity contribution in [2.75, 3.05) is 6.54 Å². The van der Waals surface area contributed by atoms with Gasteiger partial charge in [0, 0.05) is 5.56 Å². The van der Waals surface area contributed by atoms with Crippen molar-refractivity contribution in [3.05, 3.63) is 101 Å². The number of halogens is 2. The standard InChI is InChI=1S/C23H17F2N3O4/c24-17-9-7-16(8-10-17)22(30)26-14-21(29)28-27-13-15-5-11-18(12-6-15)32-23(31)19-3-1-2-4-20(19)25/h1-13H,14H2,(H,26,30)(H,28,29). The van der Waals surface area contributed by atoms with Crippen LogP contribution >= 0.6 is 0 Å². The lowest BCUT2D eigenvalue weighted by Gasteiger charge is -2.05. The smallest absolute Gasteiger partial charge is 0.346 e. The lowest BCUT2D eigenvalue weighted by molar-refractivity contribution is -0.120. The van der Waals surface area contributed by atoms with Crippen LogP contribution in [0.1, 0.15) is 26.3 Å².